The Kier molecular flexibility index (Phi) is 11.9. The van der Waals surface area contributed by atoms with Gasteiger partial charge in [0.1, 0.15) is 11.8 Å². The molecule has 2 aromatic carbocycles. The summed E-state index contributed by atoms with van der Waals surface area (Å²) in [6.45, 7) is 6.86. The molecule has 0 heterocycles. The van der Waals surface area contributed by atoms with Gasteiger partial charge in [-0.05, 0) is 61.1 Å². The summed E-state index contributed by atoms with van der Waals surface area (Å²) in [5, 5.41) is 2.91. The fourth-order valence-electron chi connectivity index (χ4n) is 4.15. The number of hydrogen-bond acceptors (Lipinski definition) is 5. The Morgan fingerprint density at radius 2 is 1.73 bits per heavy atom. The molecule has 0 saturated heterocycles. The molecule has 2 rings (SSSR count). The van der Waals surface area contributed by atoms with E-state index in [-0.39, 0.29) is 31.3 Å². The number of amides is 2. The van der Waals surface area contributed by atoms with Crippen LogP contribution in [0.5, 0.6) is 5.75 Å². The second kappa shape index (κ2) is 14.6. The van der Waals surface area contributed by atoms with Crippen LogP contribution in [0.15, 0.2) is 48.5 Å². The Morgan fingerprint density at radius 3 is 2.30 bits per heavy atom. The van der Waals surface area contributed by atoms with Gasteiger partial charge < -0.3 is 15.0 Å². The number of carbonyl (C=O) groups excluding carboxylic acids is 2. The molecule has 0 radical (unpaired) electrons. The Balaban J connectivity index is 2.21. The summed E-state index contributed by atoms with van der Waals surface area (Å²) in [5.74, 6) is 0.289. The summed E-state index contributed by atoms with van der Waals surface area (Å²) >= 11 is 0. The van der Waals surface area contributed by atoms with Crippen LogP contribution >= 0.6 is 0 Å². The highest BCUT2D eigenvalue weighted by Crippen LogP contribution is 2.21. The third kappa shape index (κ3) is 9.07. The minimum absolute atomic E-state index is 0.112. The number of nitrogens with zero attached hydrogens (tertiary/aromatic N) is 2. The molecule has 37 heavy (non-hydrogen) atoms. The molecule has 8 nitrogen and oxygen atoms in total. The van der Waals surface area contributed by atoms with Crippen molar-refractivity contribution in [2.75, 3.05) is 30.8 Å². The summed E-state index contributed by atoms with van der Waals surface area (Å²) in [7, 11) is -1.94. The summed E-state index contributed by atoms with van der Waals surface area (Å²) in [4.78, 5) is 28.0. The second-order valence-electron chi connectivity index (χ2n) is 9.05. The molecule has 9 heteroatoms. The van der Waals surface area contributed by atoms with E-state index < -0.39 is 16.1 Å². The Bertz CT molecular complexity index is 1120. The maximum Gasteiger partial charge on any atom is 0.242 e. The van der Waals surface area contributed by atoms with Crippen molar-refractivity contribution in [3.63, 3.8) is 0 Å². The fourth-order valence-corrected chi connectivity index (χ4v) is 5.12. The molecule has 1 atom stereocenters. The highest BCUT2D eigenvalue weighted by atomic mass is 32.2. The van der Waals surface area contributed by atoms with Crippen LogP contribution in [0.2, 0.25) is 0 Å². The molecule has 0 saturated carbocycles. The minimum Gasteiger partial charge on any atom is -0.497 e. The number of ether oxygens (including phenoxy) is 1. The standard InChI is InChI=1S/C28H41N3O5S/c1-6-18-29-28(33)26(8-3)30(21-23-11-9-12-25(20-23)36-4)27(32)13-10-19-31(37(5,34)35)24-16-14-22(7-2)15-17-24/h9,11-12,14-17,20,26H,6-8,10,13,18-19,21H2,1-5H3,(H,29,33). The van der Waals surface area contributed by atoms with Gasteiger partial charge in [-0.1, -0.05) is 45.0 Å². The van der Waals surface area contributed by atoms with E-state index in [2.05, 4.69) is 5.32 Å². The maximum absolute atomic E-state index is 13.5. The van der Waals surface area contributed by atoms with E-state index in [0.29, 0.717) is 30.8 Å². The van der Waals surface area contributed by atoms with Crippen LogP contribution in [0.3, 0.4) is 0 Å². The zero-order chi connectivity index (χ0) is 27.4. The minimum atomic E-state index is -3.53. The van der Waals surface area contributed by atoms with Crippen molar-refractivity contribution >= 4 is 27.5 Å². The average molecular weight is 532 g/mol. The lowest BCUT2D eigenvalue weighted by molar-refractivity contribution is -0.141. The molecule has 1 unspecified atom stereocenters. The fraction of sp³-hybridized carbons (Fsp3) is 0.500. The molecule has 0 aromatic heterocycles. The van der Waals surface area contributed by atoms with Gasteiger partial charge in [-0.25, -0.2) is 8.42 Å². The molecule has 0 fully saturated rings. The van der Waals surface area contributed by atoms with Crippen LogP contribution in [0.25, 0.3) is 0 Å². The number of hydrogen-bond donors (Lipinski definition) is 1. The Morgan fingerprint density at radius 1 is 1.03 bits per heavy atom. The zero-order valence-corrected chi connectivity index (χ0v) is 23.5. The van der Waals surface area contributed by atoms with Gasteiger partial charge in [-0.2, -0.15) is 0 Å². The molecule has 0 aliphatic carbocycles. The second-order valence-corrected chi connectivity index (χ2v) is 11.0. The van der Waals surface area contributed by atoms with Gasteiger partial charge in [-0.3, -0.25) is 13.9 Å². The van der Waals surface area contributed by atoms with Crippen LogP contribution in [-0.2, 0) is 32.6 Å². The Labute approximate surface area is 222 Å². The predicted molar refractivity (Wildman–Crippen MR) is 148 cm³/mol. The quantitative estimate of drug-likeness (QED) is 0.373. The van der Waals surface area contributed by atoms with Crippen molar-refractivity contribution in [1.29, 1.82) is 0 Å². The summed E-state index contributed by atoms with van der Waals surface area (Å²) in [6, 6.07) is 14.2. The number of sulfonamides is 1. The highest BCUT2D eigenvalue weighted by Gasteiger charge is 2.28. The highest BCUT2D eigenvalue weighted by molar-refractivity contribution is 7.92. The van der Waals surface area contributed by atoms with Gasteiger partial charge in [0.2, 0.25) is 21.8 Å². The van der Waals surface area contributed by atoms with E-state index in [1.807, 2.05) is 57.2 Å². The first-order chi connectivity index (χ1) is 17.6. The monoisotopic (exact) mass is 531 g/mol. The third-order valence-electron chi connectivity index (χ3n) is 6.21. The topological polar surface area (TPSA) is 96.0 Å². The molecule has 204 valence electrons. The summed E-state index contributed by atoms with van der Waals surface area (Å²) in [5.41, 5.74) is 2.54. The van der Waals surface area contributed by atoms with Crippen LogP contribution in [0.1, 0.15) is 57.6 Å². The molecule has 0 aliphatic rings. The van der Waals surface area contributed by atoms with E-state index in [0.717, 1.165) is 24.0 Å². The van der Waals surface area contributed by atoms with Crippen LogP contribution in [0.4, 0.5) is 5.69 Å². The zero-order valence-electron chi connectivity index (χ0n) is 22.7. The molecule has 0 bridgehead atoms. The SMILES string of the molecule is CCCNC(=O)C(CC)N(Cc1cccc(OC)c1)C(=O)CCCN(c1ccc(CC)cc1)S(C)(=O)=O. The summed E-state index contributed by atoms with van der Waals surface area (Å²) in [6.07, 6.45) is 3.73. The van der Waals surface area contributed by atoms with Gasteiger partial charge in [0.15, 0.2) is 0 Å². The molecular formula is C28H41N3O5S. The van der Waals surface area contributed by atoms with Crippen molar-refractivity contribution in [3.05, 3.63) is 59.7 Å². The molecule has 2 amide bonds. The van der Waals surface area contributed by atoms with E-state index in [4.69, 9.17) is 4.74 Å². The van der Waals surface area contributed by atoms with Gasteiger partial charge in [0.05, 0.1) is 19.1 Å². The number of methoxy groups -OCH3 is 1. The van der Waals surface area contributed by atoms with Crippen molar-refractivity contribution in [2.24, 2.45) is 0 Å². The number of rotatable bonds is 15. The van der Waals surface area contributed by atoms with E-state index in [1.165, 1.54) is 10.6 Å². The van der Waals surface area contributed by atoms with Crippen LogP contribution < -0.4 is 14.4 Å². The average Bonchev–Trinajstić information content (AvgIpc) is 2.89. The first kappa shape index (κ1) is 30.2. The molecule has 1 N–H and O–H groups in total. The lowest BCUT2D eigenvalue weighted by Gasteiger charge is -2.31. The molecule has 0 aliphatic heterocycles. The smallest absolute Gasteiger partial charge is 0.242 e. The van der Waals surface area contributed by atoms with Crippen molar-refractivity contribution < 1.29 is 22.7 Å². The predicted octanol–water partition coefficient (Wildman–Crippen LogP) is 4.14. The number of benzene rings is 2. The van der Waals surface area contributed by atoms with E-state index in [1.54, 1.807) is 24.1 Å². The first-order valence-electron chi connectivity index (χ1n) is 12.9. The van der Waals surface area contributed by atoms with Crippen LogP contribution in [0, 0.1) is 0 Å². The van der Waals surface area contributed by atoms with Crippen molar-refractivity contribution in [2.45, 2.75) is 65.5 Å². The van der Waals surface area contributed by atoms with E-state index in [9.17, 15) is 18.0 Å². The van der Waals surface area contributed by atoms with Crippen molar-refractivity contribution in [3.8, 4) is 5.75 Å². The Hall–Kier alpha value is -3.07. The number of carbonyl (C=O) groups is 2. The van der Waals surface area contributed by atoms with Crippen LogP contribution in [-0.4, -0.2) is 57.6 Å². The lowest BCUT2D eigenvalue weighted by Crippen LogP contribution is -2.49. The van der Waals surface area contributed by atoms with Crippen molar-refractivity contribution in [1.82, 2.24) is 10.2 Å². The number of nitrogens with one attached hydrogen (secondary N) is 1. The molecular weight excluding hydrogens is 490 g/mol. The number of aryl methyl sites for hydroxylation is 1. The number of anilines is 1. The largest absolute Gasteiger partial charge is 0.497 e. The molecule has 2 aromatic rings. The first-order valence-corrected chi connectivity index (χ1v) is 14.8. The maximum atomic E-state index is 13.5. The van der Waals surface area contributed by atoms with E-state index >= 15 is 0 Å². The molecule has 0 spiro atoms. The third-order valence-corrected chi connectivity index (χ3v) is 7.40. The summed E-state index contributed by atoms with van der Waals surface area (Å²) < 4.78 is 31.7. The van der Waals surface area contributed by atoms with Gasteiger partial charge in [0.25, 0.3) is 0 Å². The normalized spacial score (nSPS) is 12.0. The lowest BCUT2D eigenvalue weighted by atomic mass is 10.1. The van der Waals surface area contributed by atoms with Gasteiger partial charge >= 0.3 is 0 Å². The van der Waals surface area contributed by atoms with Gasteiger partial charge in [0, 0.05) is 26.1 Å². The van der Waals surface area contributed by atoms with Gasteiger partial charge in [-0.15, -0.1) is 0 Å².